The van der Waals surface area contributed by atoms with Crippen molar-refractivity contribution in [3.8, 4) is 55.9 Å². The Morgan fingerprint density at radius 2 is 0.575 bits per heavy atom. The van der Waals surface area contributed by atoms with Crippen LogP contribution < -0.4 is 26.2 Å². The van der Waals surface area contributed by atoms with Gasteiger partial charge in [-0.3, -0.25) is 0 Å². The van der Waals surface area contributed by atoms with Crippen LogP contribution in [-0.2, 0) is 28.1 Å². The molecule has 0 fully saturated rings. The van der Waals surface area contributed by atoms with Crippen LogP contribution in [0.3, 0.4) is 0 Å². The molecule has 0 saturated carbocycles. The summed E-state index contributed by atoms with van der Waals surface area (Å²) >= 11 is 0. The Balaban J connectivity index is 0.974. The van der Waals surface area contributed by atoms with Gasteiger partial charge in [0.05, 0.1) is 33.4 Å². The highest BCUT2D eigenvalue weighted by Crippen LogP contribution is 2.56. The molecule has 0 spiro atoms. The van der Waals surface area contributed by atoms with Crippen molar-refractivity contribution in [2.75, 3.05) is 9.80 Å². The van der Waals surface area contributed by atoms with Gasteiger partial charge in [-0.05, 0) is 202 Å². The lowest BCUT2D eigenvalue weighted by Gasteiger charge is -2.46. The van der Waals surface area contributed by atoms with Crippen LogP contribution in [-0.4, -0.2) is 15.8 Å². The Labute approximate surface area is 666 Å². The van der Waals surface area contributed by atoms with Gasteiger partial charge in [-0.1, -0.05) is 326 Å². The second-order valence-corrected chi connectivity index (χ2v) is 36.0. The van der Waals surface area contributed by atoms with E-state index in [0.29, 0.717) is 0 Å². The van der Waals surface area contributed by atoms with Crippen molar-refractivity contribution in [2.45, 2.75) is 117 Å². The molecule has 548 valence electrons. The molecular formula is C108H93BN4. The van der Waals surface area contributed by atoms with Crippen LogP contribution in [0.5, 0.6) is 0 Å². The van der Waals surface area contributed by atoms with E-state index in [0.717, 1.165) is 96.4 Å². The number of fused-ring (bicyclic) bond motifs is 12. The fraction of sp³-hybridized carbons (Fsp3) is 0.167. The van der Waals surface area contributed by atoms with Gasteiger partial charge in [0.25, 0.3) is 6.71 Å². The number of benzene rings is 15. The van der Waals surface area contributed by atoms with Gasteiger partial charge >= 0.3 is 0 Å². The molecule has 0 amide bonds. The highest BCUT2D eigenvalue weighted by molar-refractivity contribution is 7.00. The van der Waals surface area contributed by atoms with E-state index in [2.05, 4.69) is 430 Å². The maximum Gasteiger partial charge on any atom is 0.252 e. The number of rotatable bonds is 9. The summed E-state index contributed by atoms with van der Waals surface area (Å²) < 4.78 is 5.15. The molecule has 1 aliphatic carbocycles. The zero-order chi connectivity index (χ0) is 77.1. The minimum atomic E-state index is -0.280. The largest absolute Gasteiger partial charge is 0.310 e. The zero-order valence-corrected chi connectivity index (χ0v) is 66.8. The molecule has 4 heterocycles. The lowest BCUT2D eigenvalue weighted by atomic mass is 9.33. The molecular weight excluding hydrogens is 1360 g/mol. The molecule has 15 aromatic carbocycles. The summed E-state index contributed by atoms with van der Waals surface area (Å²) in [4.78, 5) is 5.50. The van der Waals surface area contributed by atoms with Gasteiger partial charge in [-0.15, -0.1) is 0 Å². The zero-order valence-electron chi connectivity index (χ0n) is 66.8. The van der Waals surface area contributed by atoms with Gasteiger partial charge in [-0.2, -0.15) is 0 Å². The van der Waals surface area contributed by atoms with Crippen molar-refractivity contribution in [3.63, 3.8) is 0 Å². The summed E-state index contributed by atoms with van der Waals surface area (Å²) in [5, 5.41) is 5.04. The monoisotopic (exact) mass is 1460 g/mol. The maximum absolute atomic E-state index is 2.75. The first-order chi connectivity index (χ1) is 54.6. The van der Waals surface area contributed by atoms with E-state index in [-0.39, 0.29) is 34.3 Å². The Morgan fingerprint density at radius 1 is 0.274 bits per heavy atom. The smallest absolute Gasteiger partial charge is 0.252 e. The SMILES string of the molecule is CC(C)(C)c1ccc2c(c1)c1cc(C(C)(C)C)ccc1n2-c1ccc2c(c1)N(c1c(-c3ccccc3)cccc1-c1ccccc1)c1cc(C3c4ccccc4Cc4ccccc43)cc3c1B2c1ccc(-n2c4ccc(C(C)(C)C)cc4c4cc(C(C)(C)C)ccc42)cc1N3c1c(-c2ccccc2)cccc1-c1ccccc1. The normalized spacial score (nSPS) is 13.5. The first-order valence-corrected chi connectivity index (χ1v) is 40.5. The predicted octanol–water partition coefficient (Wildman–Crippen LogP) is 26.9. The fourth-order valence-electron chi connectivity index (χ4n) is 19.0. The number of anilines is 6. The predicted molar refractivity (Wildman–Crippen MR) is 482 cm³/mol. The first-order valence-electron chi connectivity index (χ1n) is 40.5. The summed E-state index contributed by atoms with van der Waals surface area (Å²) in [6, 6.07) is 127. The summed E-state index contributed by atoms with van der Waals surface area (Å²) in [7, 11) is 0. The molecule has 5 heteroatoms. The minimum absolute atomic E-state index is 0.0683. The van der Waals surface area contributed by atoms with Crippen molar-refractivity contribution < 1.29 is 0 Å². The van der Waals surface area contributed by atoms with Crippen LogP contribution >= 0.6 is 0 Å². The van der Waals surface area contributed by atoms with E-state index >= 15 is 0 Å². The standard InChI is InChI=1S/C108H93BN4/c1-105(2,3)75-47-55-93-87(62-75)88-63-76(106(4,5)6)48-56-94(88)110(93)79-51-53-91-97(66-79)112(103-83(68-31-17-13-18-32-68)43-29-44-84(103)69-33-19-14-20-34-69)99-60-74(101-81-41-27-25-39-72(81)59-73-40-26-28-42-82(73)101)61-100-102(99)109(91)92-54-52-80(111-95-57-49-77(107(7,8)9)64-89(95)90-65-78(108(10,11)12)50-58-96(90)111)67-98(92)113(100)104-85(70-35-21-15-22-36-70)45-30-46-86(104)71-37-23-16-24-38-71/h13-58,60-67,101H,59H2,1-12H3. The maximum atomic E-state index is 2.75. The van der Waals surface area contributed by atoms with Crippen LogP contribution in [0.15, 0.2) is 328 Å². The van der Waals surface area contributed by atoms with Crippen molar-refractivity contribution in [1.82, 2.24) is 9.13 Å². The topological polar surface area (TPSA) is 16.3 Å². The molecule has 0 saturated heterocycles. The van der Waals surface area contributed by atoms with Crippen LogP contribution in [0.2, 0.25) is 0 Å². The highest BCUT2D eigenvalue weighted by atomic mass is 15.2. The van der Waals surface area contributed by atoms with E-state index in [1.54, 1.807) is 0 Å². The van der Waals surface area contributed by atoms with Gasteiger partial charge < -0.3 is 18.9 Å². The fourth-order valence-corrected chi connectivity index (χ4v) is 19.0. The van der Waals surface area contributed by atoms with E-state index in [1.165, 1.54) is 110 Å². The minimum Gasteiger partial charge on any atom is -0.310 e. The molecule has 0 atom stereocenters. The Bertz CT molecular complexity index is 6030. The molecule has 2 aromatic heterocycles. The molecule has 113 heavy (non-hydrogen) atoms. The third-order valence-corrected chi connectivity index (χ3v) is 24.9. The number of hydrogen-bond donors (Lipinski definition) is 0. The van der Waals surface area contributed by atoms with Gasteiger partial charge in [0.1, 0.15) is 0 Å². The summed E-state index contributed by atoms with van der Waals surface area (Å²) in [5.74, 6) is -0.140. The number of hydrogen-bond acceptors (Lipinski definition) is 2. The third-order valence-electron chi connectivity index (χ3n) is 24.9. The van der Waals surface area contributed by atoms with E-state index < -0.39 is 0 Å². The van der Waals surface area contributed by atoms with Crippen LogP contribution in [0, 0.1) is 0 Å². The lowest BCUT2D eigenvalue weighted by molar-refractivity contribution is 0.590. The molecule has 17 aromatic rings. The van der Waals surface area contributed by atoms with Crippen molar-refractivity contribution in [3.05, 3.63) is 378 Å². The molecule has 0 N–H and O–H groups in total. The molecule has 2 aliphatic heterocycles. The quantitative estimate of drug-likeness (QED) is 0.134. The van der Waals surface area contributed by atoms with Gasteiger partial charge in [-0.25, -0.2) is 0 Å². The van der Waals surface area contributed by atoms with E-state index in [9.17, 15) is 0 Å². The second kappa shape index (κ2) is 26.1. The average molecular weight is 1460 g/mol. The molecule has 0 bridgehead atoms. The van der Waals surface area contributed by atoms with Gasteiger partial charge in [0.15, 0.2) is 0 Å². The summed E-state index contributed by atoms with van der Waals surface area (Å²) in [6.07, 6.45) is 0.860. The average Bonchev–Trinajstić information content (AvgIpc) is 1.04. The van der Waals surface area contributed by atoms with Gasteiger partial charge in [0.2, 0.25) is 0 Å². The van der Waals surface area contributed by atoms with Gasteiger partial charge in [0, 0.05) is 83.8 Å². The van der Waals surface area contributed by atoms with Crippen molar-refractivity contribution >= 4 is 101 Å². The molecule has 0 radical (unpaired) electrons. The number of aromatic nitrogens is 2. The highest BCUT2D eigenvalue weighted by Gasteiger charge is 2.47. The Kier molecular flexibility index (Phi) is 16.1. The molecule has 20 rings (SSSR count). The van der Waals surface area contributed by atoms with E-state index in [4.69, 9.17) is 0 Å². The second-order valence-electron chi connectivity index (χ2n) is 36.0. The number of nitrogens with zero attached hydrogens (tertiary/aromatic N) is 4. The molecule has 0 unspecified atom stereocenters. The first kappa shape index (κ1) is 69.7. The van der Waals surface area contributed by atoms with Crippen molar-refractivity contribution in [1.29, 1.82) is 0 Å². The Hall–Kier alpha value is -12.4. The van der Waals surface area contributed by atoms with Crippen LogP contribution in [0.4, 0.5) is 34.1 Å². The number of para-hydroxylation sites is 2. The summed E-state index contributed by atoms with van der Waals surface area (Å²) in [5.41, 5.74) is 38.2. The molecule has 4 nitrogen and oxygen atoms in total. The van der Waals surface area contributed by atoms with Crippen molar-refractivity contribution in [2.24, 2.45) is 0 Å². The summed E-state index contributed by atoms with van der Waals surface area (Å²) in [6.45, 7) is 27.8. The third kappa shape index (κ3) is 11.5. The van der Waals surface area contributed by atoms with Crippen LogP contribution in [0.1, 0.15) is 139 Å². The lowest BCUT2D eigenvalue weighted by Crippen LogP contribution is -2.61. The van der Waals surface area contributed by atoms with E-state index in [1.807, 2.05) is 0 Å². The molecule has 3 aliphatic rings. The van der Waals surface area contributed by atoms with Crippen LogP contribution in [0.25, 0.3) is 99.5 Å². The Morgan fingerprint density at radius 3 is 0.885 bits per heavy atom.